The van der Waals surface area contributed by atoms with Gasteiger partial charge in [0.25, 0.3) is 5.82 Å². The zero-order chi connectivity index (χ0) is 17.5. The standard InChI is InChI=1S/C21H25N2O/c1-15-10-12-16(13-11-15)20-22(5)17-8-6-7-9-18(17)23(20)14-19(24)21(2,3)4/h6-13H,14H2,1-5H3/q+1. The van der Waals surface area contributed by atoms with Gasteiger partial charge < -0.3 is 0 Å². The number of nitrogens with zero attached hydrogens (tertiary/aromatic N) is 2. The number of imidazole rings is 1. The Morgan fingerprint density at radius 3 is 2.29 bits per heavy atom. The molecule has 0 bridgehead atoms. The Labute approximate surface area is 143 Å². The zero-order valence-corrected chi connectivity index (χ0v) is 15.1. The van der Waals surface area contributed by atoms with E-state index >= 15 is 0 Å². The second-order valence-corrected chi connectivity index (χ2v) is 7.50. The highest BCUT2D eigenvalue weighted by atomic mass is 16.1. The molecule has 2 aromatic carbocycles. The Morgan fingerprint density at radius 1 is 1.04 bits per heavy atom. The Morgan fingerprint density at radius 2 is 1.67 bits per heavy atom. The van der Waals surface area contributed by atoms with Gasteiger partial charge in [-0.15, -0.1) is 0 Å². The SMILES string of the molecule is Cc1ccc(-c2n(CC(=O)C(C)(C)C)c3ccccc3[n+]2C)cc1. The summed E-state index contributed by atoms with van der Waals surface area (Å²) in [7, 11) is 2.07. The average molecular weight is 321 g/mol. The first kappa shape index (κ1) is 16.4. The summed E-state index contributed by atoms with van der Waals surface area (Å²) in [6.45, 7) is 8.41. The molecule has 3 aromatic rings. The number of aryl methyl sites for hydroxylation is 2. The number of Topliss-reactive ketones (excluding diaryl/α,β-unsaturated/α-hetero) is 1. The molecule has 0 N–H and O–H groups in total. The molecule has 0 aliphatic rings. The van der Waals surface area contributed by atoms with E-state index in [2.05, 4.69) is 59.5 Å². The van der Waals surface area contributed by atoms with Crippen LogP contribution in [0, 0.1) is 12.3 Å². The van der Waals surface area contributed by atoms with Gasteiger partial charge in [0.15, 0.2) is 23.4 Å². The fourth-order valence-corrected chi connectivity index (χ4v) is 2.98. The quantitative estimate of drug-likeness (QED) is 0.668. The average Bonchev–Trinajstić information content (AvgIpc) is 2.81. The molecule has 3 nitrogen and oxygen atoms in total. The van der Waals surface area contributed by atoms with Crippen LogP contribution in [-0.4, -0.2) is 10.4 Å². The van der Waals surface area contributed by atoms with Gasteiger partial charge in [-0.05, 0) is 31.2 Å². The van der Waals surface area contributed by atoms with E-state index in [4.69, 9.17) is 0 Å². The van der Waals surface area contributed by atoms with Crippen molar-refractivity contribution in [3.8, 4) is 11.4 Å². The lowest BCUT2D eigenvalue weighted by molar-refractivity contribution is -0.634. The third-order valence-corrected chi connectivity index (χ3v) is 4.56. The number of hydrogen-bond donors (Lipinski definition) is 0. The summed E-state index contributed by atoms with van der Waals surface area (Å²) in [5.74, 6) is 1.30. The monoisotopic (exact) mass is 321 g/mol. The van der Waals surface area contributed by atoms with Crippen molar-refractivity contribution < 1.29 is 9.36 Å². The van der Waals surface area contributed by atoms with Crippen LogP contribution >= 0.6 is 0 Å². The van der Waals surface area contributed by atoms with Gasteiger partial charge in [0.1, 0.15) is 0 Å². The van der Waals surface area contributed by atoms with Crippen LogP contribution in [0.4, 0.5) is 0 Å². The minimum Gasteiger partial charge on any atom is -0.295 e. The largest absolute Gasteiger partial charge is 0.295 e. The number of ketones is 1. The molecule has 0 amide bonds. The van der Waals surface area contributed by atoms with E-state index in [0.717, 1.165) is 22.4 Å². The molecule has 0 radical (unpaired) electrons. The van der Waals surface area contributed by atoms with E-state index in [1.165, 1.54) is 5.56 Å². The second-order valence-electron chi connectivity index (χ2n) is 7.50. The molecule has 1 aromatic heterocycles. The van der Waals surface area contributed by atoms with Gasteiger partial charge in [0.2, 0.25) is 0 Å². The molecule has 0 fully saturated rings. The van der Waals surface area contributed by atoms with E-state index in [1.54, 1.807) is 0 Å². The second kappa shape index (κ2) is 5.90. The summed E-state index contributed by atoms with van der Waals surface area (Å²) in [5.41, 5.74) is 4.23. The molecule has 124 valence electrons. The first-order valence-electron chi connectivity index (χ1n) is 8.36. The number of hydrogen-bond acceptors (Lipinski definition) is 1. The number of para-hydroxylation sites is 2. The maximum atomic E-state index is 12.7. The summed E-state index contributed by atoms with van der Waals surface area (Å²) in [5, 5.41) is 0. The molecule has 0 aliphatic heterocycles. The summed E-state index contributed by atoms with van der Waals surface area (Å²) in [4.78, 5) is 12.7. The maximum Gasteiger partial charge on any atom is 0.290 e. The van der Waals surface area contributed by atoms with Crippen molar-refractivity contribution in [2.75, 3.05) is 0 Å². The minimum absolute atomic E-state index is 0.234. The van der Waals surface area contributed by atoms with E-state index < -0.39 is 0 Å². The smallest absolute Gasteiger partial charge is 0.290 e. The Bertz CT molecular complexity index is 896. The van der Waals surface area contributed by atoms with Gasteiger partial charge in [-0.2, -0.15) is 0 Å². The molecule has 0 spiro atoms. The number of benzene rings is 2. The molecule has 0 atom stereocenters. The van der Waals surface area contributed by atoms with Crippen LogP contribution in [0.5, 0.6) is 0 Å². The van der Waals surface area contributed by atoms with Crippen LogP contribution in [0.1, 0.15) is 26.3 Å². The van der Waals surface area contributed by atoms with Crippen molar-refractivity contribution in [1.29, 1.82) is 0 Å². The summed E-state index contributed by atoms with van der Waals surface area (Å²) >= 11 is 0. The van der Waals surface area contributed by atoms with Crippen LogP contribution in [0.2, 0.25) is 0 Å². The van der Waals surface area contributed by atoms with Crippen LogP contribution in [0.15, 0.2) is 48.5 Å². The molecular formula is C21H25N2O+. The molecule has 0 saturated carbocycles. The Kier molecular flexibility index (Phi) is 4.04. The third kappa shape index (κ3) is 2.86. The normalized spacial score (nSPS) is 11.9. The van der Waals surface area contributed by atoms with Gasteiger partial charge in [0.05, 0.1) is 12.6 Å². The van der Waals surface area contributed by atoms with Crippen molar-refractivity contribution in [3.63, 3.8) is 0 Å². The molecule has 3 rings (SSSR count). The van der Waals surface area contributed by atoms with Crippen molar-refractivity contribution in [2.45, 2.75) is 34.2 Å². The summed E-state index contributed by atoms with van der Waals surface area (Å²) in [6.07, 6.45) is 0. The first-order chi connectivity index (χ1) is 11.3. The summed E-state index contributed by atoms with van der Waals surface area (Å²) < 4.78 is 4.32. The van der Waals surface area contributed by atoms with Crippen LogP contribution < -0.4 is 4.57 Å². The van der Waals surface area contributed by atoms with E-state index in [1.807, 2.05) is 32.9 Å². The zero-order valence-electron chi connectivity index (χ0n) is 15.1. The lowest BCUT2D eigenvalue weighted by Gasteiger charge is -2.15. The van der Waals surface area contributed by atoms with Crippen molar-refractivity contribution >= 4 is 16.8 Å². The van der Waals surface area contributed by atoms with Crippen molar-refractivity contribution in [1.82, 2.24) is 4.57 Å². The van der Waals surface area contributed by atoms with Crippen molar-refractivity contribution in [3.05, 3.63) is 54.1 Å². The van der Waals surface area contributed by atoms with Crippen LogP contribution in [-0.2, 0) is 18.4 Å². The fraction of sp³-hybridized carbons (Fsp3) is 0.333. The first-order valence-corrected chi connectivity index (χ1v) is 8.36. The maximum absolute atomic E-state index is 12.7. The minimum atomic E-state index is -0.353. The predicted octanol–water partition coefficient (Wildman–Crippen LogP) is 4.06. The van der Waals surface area contributed by atoms with Gasteiger partial charge in [-0.3, -0.25) is 4.79 Å². The van der Waals surface area contributed by atoms with Crippen molar-refractivity contribution in [2.24, 2.45) is 12.5 Å². The van der Waals surface area contributed by atoms with E-state index in [0.29, 0.717) is 6.54 Å². The Balaban J connectivity index is 2.23. The molecule has 1 heterocycles. The van der Waals surface area contributed by atoms with Gasteiger partial charge in [0, 0.05) is 5.41 Å². The number of carbonyl (C=O) groups is 1. The highest BCUT2D eigenvalue weighted by molar-refractivity contribution is 5.86. The molecular weight excluding hydrogens is 296 g/mol. The van der Waals surface area contributed by atoms with Crippen LogP contribution in [0.3, 0.4) is 0 Å². The predicted molar refractivity (Wildman–Crippen MR) is 97.7 cm³/mol. The van der Waals surface area contributed by atoms with Gasteiger partial charge in [-0.25, -0.2) is 9.13 Å². The third-order valence-electron chi connectivity index (χ3n) is 4.56. The van der Waals surface area contributed by atoms with E-state index in [-0.39, 0.29) is 11.2 Å². The lowest BCUT2D eigenvalue weighted by atomic mass is 9.91. The van der Waals surface area contributed by atoms with Gasteiger partial charge >= 0.3 is 0 Å². The lowest BCUT2D eigenvalue weighted by Crippen LogP contribution is -2.32. The van der Waals surface area contributed by atoms with Gasteiger partial charge in [-0.1, -0.05) is 50.6 Å². The number of aromatic nitrogens is 2. The molecule has 24 heavy (non-hydrogen) atoms. The number of carbonyl (C=O) groups excluding carboxylic acids is 1. The highest BCUT2D eigenvalue weighted by Gasteiger charge is 2.29. The highest BCUT2D eigenvalue weighted by Crippen LogP contribution is 2.25. The molecule has 0 unspecified atom stereocenters. The molecule has 0 aliphatic carbocycles. The number of fused-ring (bicyclic) bond motifs is 1. The number of rotatable bonds is 3. The fourth-order valence-electron chi connectivity index (χ4n) is 2.98. The Hall–Kier alpha value is -2.42. The van der Waals surface area contributed by atoms with E-state index in [9.17, 15) is 4.79 Å². The topological polar surface area (TPSA) is 25.9 Å². The summed E-state index contributed by atoms with van der Waals surface area (Å²) in [6, 6.07) is 16.7. The molecule has 0 saturated heterocycles. The van der Waals surface area contributed by atoms with Crippen LogP contribution in [0.25, 0.3) is 22.4 Å². The molecule has 3 heteroatoms.